The number of nitrogens with two attached hydrogens (primary N) is 1. The van der Waals surface area contributed by atoms with Crippen molar-refractivity contribution in [2.24, 2.45) is 11.8 Å². The highest BCUT2D eigenvalue weighted by molar-refractivity contribution is 7.80. The molecule has 1 unspecified atom stereocenters. The highest BCUT2D eigenvalue weighted by Crippen LogP contribution is 2.37. The minimum Gasteiger partial charge on any atom is -0.465 e. The van der Waals surface area contributed by atoms with Crippen molar-refractivity contribution in [1.29, 1.82) is 5.41 Å². The first-order valence-corrected chi connectivity index (χ1v) is 6.04. The highest BCUT2D eigenvalue weighted by atomic mass is 32.1. The standard InChI is InChI=1S/C11H15N3O2S/c1-2-16-11(15)8-6-4-3-5-7(6)10(17)14(13)9(8)12/h8,12H,2-5,13H2,1H3. The first-order chi connectivity index (χ1) is 8.07. The van der Waals surface area contributed by atoms with E-state index in [9.17, 15) is 4.79 Å². The van der Waals surface area contributed by atoms with Crippen LogP contribution in [0.4, 0.5) is 0 Å². The van der Waals surface area contributed by atoms with Crippen LogP contribution in [-0.2, 0) is 9.53 Å². The summed E-state index contributed by atoms with van der Waals surface area (Å²) in [7, 11) is 0. The molecule has 2 rings (SSSR count). The molecule has 3 N–H and O–H groups in total. The van der Waals surface area contributed by atoms with Crippen molar-refractivity contribution in [3.63, 3.8) is 0 Å². The van der Waals surface area contributed by atoms with E-state index in [0.717, 1.165) is 35.4 Å². The molecule has 0 spiro atoms. The minimum absolute atomic E-state index is 0.0223. The molecular weight excluding hydrogens is 238 g/mol. The van der Waals surface area contributed by atoms with E-state index in [1.54, 1.807) is 6.92 Å². The lowest BCUT2D eigenvalue weighted by Gasteiger charge is -2.32. The van der Waals surface area contributed by atoms with Gasteiger partial charge in [0.2, 0.25) is 0 Å². The first kappa shape index (κ1) is 12.2. The van der Waals surface area contributed by atoms with E-state index in [0.29, 0.717) is 11.6 Å². The van der Waals surface area contributed by atoms with Gasteiger partial charge in [-0.25, -0.2) is 5.84 Å². The molecule has 0 aromatic rings. The molecule has 0 aromatic carbocycles. The molecule has 0 saturated carbocycles. The molecule has 0 fully saturated rings. The molecular formula is C11H15N3O2S. The molecule has 0 amide bonds. The average Bonchev–Trinajstić information content (AvgIpc) is 2.75. The number of esters is 1. The molecule has 0 radical (unpaired) electrons. The second-order valence-electron chi connectivity index (χ2n) is 4.10. The van der Waals surface area contributed by atoms with Crippen molar-refractivity contribution in [2.75, 3.05) is 6.61 Å². The third-order valence-corrected chi connectivity index (χ3v) is 3.58. The van der Waals surface area contributed by atoms with Gasteiger partial charge in [0.1, 0.15) is 16.7 Å². The normalized spacial score (nSPS) is 24.1. The Morgan fingerprint density at radius 2 is 2.35 bits per heavy atom. The van der Waals surface area contributed by atoms with Crippen molar-refractivity contribution in [3.8, 4) is 0 Å². The van der Waals surface area contributed by atoms with Gasteiger partial charge in [-0.05, 0) is 37.3 Å². The maximum absolute atomic E-state index is 11.9. The number of hydrogen-bond acceptors (Lipinski definition) is 5. The molecule has 5 nitrogen and oxygen atoms in total. The summed E-state index contributed by atoms with van der Waals surface area (Å²) in [5, 5.41) is 9.05. The van der Waals surface area contributed by atoms with Crippen molar-refractivity contribution < 1.29 is 9.53 Å². The number of hydrazine groups is 1. The van der Waals surface area contributed by atoms with Crippen LogP contribution in [0.25, 0.3) is 0 Å². The van der Waals surface area contributed by atoms with Gasteiger partial charge in [0, 0.05) is 0 Å². The SMILES string of the molecule is CCOC(=O)C1C(=N)N(N)C(=S)C2=C1CCC2. The number of hydrogen-bond donors (Lipinski definition) is 2. The summed E-state index contributed by atoms with van der Waals surface area (Å²) in [6, 6.07) is 0. The maximum Gasteiger partial charge on any atom is 0.320 e. The molecule has 6 heteroatoms. The van der Waals surface area contributed by atoms with Crippen LogP contribution in [-0.4, -0.2) is 28.4 Å². The lowest BCUT2D eigenvalue weighted by molar-refractivity contribution is -0.144. The predicted molar refractivity (Wildman–Crippen MR) is 67.4 cm³/mol. The largest absolute Gasteiger partial charge is 0.465 e. The van der Waals surface area contributed by atoms with Crippen LogP contribution < -0.4 is 5.84 Å². The molecule has 92 valence electrons. The molecule has 1 aliphatic heterocycles. The Bertz CT molecular complexity index is 430. The van der Waals surface area contributed by atoms with Gasteiger partial charge in [-0.2, -0.15) is 0 Å². The average molecular weight is 253 g/mol. The van der Waals surface area contributed by atoms with E-state index in [1.807, 2.05) is 0 Å². The van der Waals surface area contributed by atoms with Gasteiger partial charge in [0.25, 0.3) is 0 Å². The van der Waals surface area contributed by atoms with Crippen LogP contribution >= 0.6 is 12.2 Å². The van der Waals surface area contributed by atoms with E-state index in [4.69, 9.17) is 28.2 Å². The number of amidine groups is 1. The van der Waals surface area contributed by atoms with Gasteiger partial charge in [0.15, 0.2) is 0 Å². The Balaban J connectivity index is 2.39. The summed E-state index contributed by atoms with van der Waals surface area (Å²) in [4.78, 5) is 12.4. The summed E-state index contributed by atoms with van der Waals surface area (Å²) >= 11 is 5.20. The number of carbonyl (C=O) groups excluding carboxylic acids is 1. The fourth-order valence-corrected chi connectivity index (χ4v) is 2.70. The summed E-state index contributed by atoms with van der Waals surface area (Å²) < 4.78 is 5.00. The van der Waals surface area contributed by atoms with Gasteiger partial charge < -0.3 is 4.74 Å². The summed E-state index contributed by atoms with van der Waals surface area (Å²) in [6.07, 6.45) is 2.60. The number of nitrogens with zero attached hydrogens (tertiary/aromatic N) is 1. The van der Waals surface area contributed by atoms with Gasteiger partial charge >= 0.3 is 5.97 Å². The minimum atomic E-state index is -0.663. The summed E-state index contributed by atoms with van der Waals surface area (Å²) in [6.45, 7) is 2.05. The molecule has 1 aliphatic carbocycles. The zero-order valence-electron chi connectivity index (χ0n) is 9.66. The Morgan fingerprint density at radius 1 is 1.65 bits per heavy atom. The topological polar surface area (TPSA) is 79.4 Å². The molecule has 1 heterocycles. The Morgan fingerprint density at radius 3 is 3.00 bits per heavy atom. The van der Waals surface area contributed by atoms with E-state index in [1.165, 1.54) is 0 Å². The smallest absolute Gasteiger partial charge is 0.320 e. The molecule has 1 atom stereocenters. The number of rotatable bonds is 2. The lowest BCUT2D eigenvalue weighted by atomic mass is 9.90. The molecule has 0 aromatic heterocycles. The van der Waals surface area contributed by atoms with Crippen molar-refractivity contribution in [3.05, 3.63) is 11.1 Å². The van der Waals surface area contributed by atoms with Gasteiger partial charge in [0.05, 0.1) is 6.61 Å². The highest BCUT2D eigenvalue weighted by Gasteiger charge is 2.41. The number of carbonyl (C=O) groups is 1. The van der Waals surface area contributed by atoms with Gasteiger partial charge in [-0.1, -0.05) is 12.2 Å². The van der Waals surface area contributed by atoms with Crippen LogP contribution in [0, 0.1) is 11.3 Å². The number of ether oxygens (including phenoxy) is 1. The molecule has 17 heavy (non-hydrogen) atoms. The van der Waals surface area contributed by atoms with E-state index >= 15 is 0 Å². The van der Waals surface area contributed by atoms with E-state index in [-0.39, 0.29) is 5.84 Å². The van der Waals surface area contributed by atoms with Crippen molar-refractivity contribution in [2.45, 2.75) is 26.2 Å². The fraction of sp³-hybridized carbons (Fsp3) is 0.545. The number of nitrogens with one attached hydrogen (secondary N) is 1. The van der Waals surface area contributed by atoms with E-state index in [2.05, 4.69) is 0 Å². The predicted octanol–water partition coefficient (Wildman–Crippen LogP) is 1.14. The quantitative estimate of drug-likeness (QED) is 0.438. The maximum atomic E-state index is 11.9. The Labute approximate surface area is 105 Å². The fourth-order valence-electron chi connectivity index (χ4n) is 2.37. The summed E-state index contributed by atoms with van der Waals surface area (Å²) in [5.41, 5.74) is 1.89. The third-order valence-electron chi connectivity index (χ3n) is 3.14. The van der Waals surface area contributed by atoms with Crippen LogP contribution in [0.5, 0.6) is 0 Å². The zero-order chi connectivity index (χ0) is 12.6. The zero-order valence-corrected chi connectivity index (χ0v) is 10.5. The van der Waals surface area contributed by atoms with Crippen LogP contribution in [0.3, 0.4) is 0 Å². The second kappa shape index (κ2) is 4.54. The van der Waals surface area contributed by atoms with E-state index < -0.39 is 11.9 Å². The lowest BCUT2D eigenvalue weighted by Crippen LogP contribution is -2.51. The van der Waals surface area contributed by atoms with Gasteiger partial charge in [-0.3, -0.25) is 15.2 Å². The van der Waals surface area contributed by atoms with Crippen LogP contribution in [0.1, 0.15) is 26.2 Å². The monoisotopic (exact) mass is 253 g/mol. The second-order valence-corrected chi connectivity index (χ2v) is 4.49. The third kappa shape index (κ3) is 1.87. The van der Waals surface area contributed by atoms with Crippen molar-refractivity contribution in [1.82, 2.24) is 5.01 Å². The first-order valence-electron chi connectivity index (χ1n) is 5.64. The van der Waals surface area contributed by atoms with Gasteiger partial charge in [-0.15, -0.1) is 0 Å². The van der Waals surface area contributed by atoms with Crippen LogP contribution in [0.2, 0.25) is 0 Å². The molecule has 2 aliphatic rings. The van der Waals surface area contributed by atoms with Crippen molar-refractivity contribution >= 4 is 29.0 Å². The number of thiocarbonyl (C=S) groups is 1. The molecule has 0 saturated heterocycles. The van der Waals surface area contributed by atoms with Crippen LogP contribution in [0.15, 0.2) is 11.1 Å². The molecule has 0 bridgehead atoms. The Kier molecular flexibility index (Phi) is 3.26. The summed E-state index contributed by atoms with van der Waals surface area (Å²) in [5.74, 6) is 4.69. The Hall–Kier alpha value is -1.27.